The molecule has 0 N–H and O–H groups in total. The first kappa shape index (κ1) is 12.2. The molecule has 0 bridgehead atoms. The Labute approximate surface area is 107 Å². The predicted molar refractivity (Wildman–Crippen MR) is 74.9 cm³/mol. The van der Waals surface area contributed by atoms with Crippen molar-refractivity contribution in [2.24, 2.45) is 0 Å². The summed E-state index contributed by atoms with van der Waals surface area (Å²) in [6.45, 7) is 2.23. The van der Waals surface area contributed by atoms with Crippen LogP contribution < -0.4 is 4.74 Å². The van der Waals surface area contributed by atoms with Gasteiger partial charge >= 0.3 is 0 Å². The molecule has 0 aliphatic carbocycles. The molecule has 1 nitrogen and oxygen atoms in total. The van der Waals surface area contributed by atoms with Gasteiger partial charge < -0.3 is 4.74 Å². The minimum Gasteiger partial charge on any atom is -0.497 e. The van der Waals surface area contributed by atoms with Crippen LogP contribution in [0.4, 0.5) is 0 Å². The molecule has 0 aliphatic heterocycles. The molecule has 0 saturated carbocycles. The van der Waals surface area contributed by atoms with Gasteiger partial charge in [0.2, 0.25) is 0 Å². The van der Waals surface area contributed by atoms with Crippen molar-refractivity contribution < 1.29 is 4.74 Å². The highest BCUT2D eigenvalue weighted by molar-refractivity contribution is 7.15. The lowest BCUT2D eigenvalue weighted by Crippen LogP contribution is -1.81. The van der Waals surface area contributed by atoms with Crippen molar-refractivity contribution in [2.45, 2.75) is 26.2 Å². The molecule has 2 rings (SSSR count). The number of benzene rings is 1. The standard InChI is InChI=1S/C15H18OS/c1-3-4-5-14-10-11-15(17-14)12-6-8-13(16-2)9-7-12/h6-11H,3-5H2,1-2H3. The van der Waals surface area contributed by atoms with Crippen molar-refractivity contribution in [3.63, 3.8) is 0 Å². The highest BCUT2D eigenvalue weighted by Crippen LogP contribution is 2.30. The molecule has 0 fully saturated rings. The number of ether oxygens (including phenoxy) is 1. The van der Waals surface area contributed by atoms with Gasteiger partial charge in [0.25, 0.3) is 0 Å². The second kappa shape index (κ2) is 5.87. The van der Waals surface area contributed by atoms with Crippen molar-refractivity contribution in [3.8, 4) is 16.2 Å². The van der Waals surface area contributed by atoms with Gasteiger partial charge in [0, 0.05) is 9.75 Å². The Balaban J connectivity index is 2.12. The minimum atomic E-state index is 0.913. The fourth-order valence-electron chi connectivity index (χ4n) is 1.77. The molecule has 0 unspecified atom stereocenters. The van der Waals surface area contributed by atoms with E-state index in [0.717, 1.165) is 5.75 Å². The van der Waals surface area contributed by atoms with Crippen molar-refractivity contribution in [3.05, 3.63) is 41.3 Å². The summed E-state index contributed by atoms with van der Waals surface area (Å²) in [5.74, 6) is 0.913. The largest absolute Gasteiger partial charge is 0.497 e. The molecule has 0 aliphatic rings. The highest BCUT2D eigenvalue weighted by Gasteiger charge is 2.02. The molecular weight excluding hydrogens is 228 g/mol. The number of thiophene rings is 1. The van der Waals surface area contributed by atoms with Gasteiger partial charge in [0.05, 0.1) is 7.11 Å². The van der Waals surface area contributed by atoms with Gasteiger partial charge in [-0.1, -0.05) is 13.3 Å². The average Bonchev–Trinajstić information content (AvgIpc) is 2.85. The third kappa shape index (κ3) is 3.10. The number of hydrogen-bond donors (Lipinski definition) is 0. The van der Waals surface area contributed by atoms with E-state index in [2.05, 4.69) is 31.2 Å². The number of methoxy groups -OCH3 is 1. The average molecular weight is 246 g/mol. The van der Waals surface area contributed by atoms with Crippen LogP contribution in [-0.4, -0.2) is 7.11 Å². The van der Waals surface area contributed by atoms with Gasteiger partial charge in [0.15, 0.2) is 0 Å². The van der Waals surface area contributed by atoms with Crippen LogP contribution >= 0.6 is 11.3 Å². The molecule has 2 heteroatoms. The van der Waals surface area contributed by atoms with Crippen LogP contribution in [0.2, 0.25) is 0 Å². The van der Waals surface area contributed by atoms with Crippen LogP contribution in [0.15, 0.2) is 36.4 Å². The van der Waals surface area contributed by atoms with Crippen LogP contribution in [-0.2, 0) is 6.42 Å². The van der Waals surface area contributed by atoms with Gasteiger partial charge in [-0.15, -0.1) is 11.3 Å². The first-order valence-electron chi connectivity index (χ1n) is 6.06. The van der Waals surface area contributed by atoms with Gasteiger partial charge in [-0.05, 0) is 54.8 Å². The first-order chi connectivity index (χ1) is 8.33. The Bertz CT molecular complexity index is 456. The summed E-state index contributed by atoms with van der Waals surface area (Å²) < 4.78 is 5.17. The molecule has 1 aromatic heterocycles. The number of hydrogen-bond acceptors (Lipinski definition) is 2. The van der Waals surface area contributed by atoms with Gasteiger partial charge in [-0.25, -0.2) is 0 Å². The van der Waals surface area contributed by atoms with Crippen LogP contribution in [0.3, 0.4) is 0 Å². The summed E-state index contributed by atoms with van der Waals surface area (Å²) >= 11 is 1.90. The summed E-state index contributed by atoms with van der Waals surface area (Å²) in [5, 5.41) is 0. The Kier molecular flexibility index (Phi) is 4.21. The summed E-state index contributed by atoms with van der Waals surface area (Å²) in [4.78, 5) is 2.83. The Morgan fingerprint density at radius 3 is 2.47 bits per heavy atom. The smallest absolute Gasteiger partial charge is 0.118 e. The van der Waals surface area contributed by atoms with Crippen LogP contribution in [0.1, 0.15) is 24.6 Å². The lowest BCUT2D eigenvalue weighted by atomic mass is 10.2. The lowest BCUT2D eigenvalue weighted by Gasteiger charge is -2.00. The van der Waals surface area contributed by atoms with E-state index in [1.54, 1.807) is 7.11 Å². The second-order valence-electron chi connectivity index (χ2n) is 4.10. The molecule has 17 heavy (non-hydrogen) atoms. The van der Waals surface area contributed by atoms with Crippen molar-refractivity contribution in [1.29, 1.82) is 0 Å². The van der Waals surface area contributed by atoms with E-state index in [-0.39, 0.29) is 0 Å². The fraction of sp³-hybridized carbons (Fsp3) is 0.333. The van der Waals surface area contributed by atoms with E-state index in [9.17, 15) is 0 Å². The predicted octanol–water partition coefficient (Wildman–Crippen LogP) is 4.77. The van der Waals surface area contributed by atoms with Crippen molar-refractivity contribution in [2.75, 3.05) is 7.11 Å². The summed E-state index contributed by atoms with van der Waals surface area (Å²) in [5.41, 5.74) is 1.28. The van der Waals surface area contributed by atoms with Crippen molar-refractivity contribution in [1.82, 2.24) is 0 Å². The Hall–Kier alpha value is -1.28. The maximum Gasteiger partial charge on any atom is 0.118 e. The van der Waals surface area contributed by atoms with Crippen molar-refractivity contribution >= 4 is 11.3 Å². The Morgan fingerprint density at radius 1 is 1.06 bits per heavy atom. The molecule has 2 aromatic rings. The number of aryl methyl sites for hydroxylation is 1. The molecule has 0 radical (unpaired) electrons. The molecule has 0 spiro atoms. The van der Waals surface area contributed by atoms with E-state index >= 15 is 0 Å². The maximum atomic E-state index is 5.17. The SMILES string of the molecule is CCCCc1ccc(-c2ccc(OC)cc2)s1. The second-order valence-corrected chi connectivity index (χ2v) is 5.27. The Morgan fingerprint density at radius 2 is 1.82 bits per heavy atom. The molecule has 1 aromatic carbocycles. The van der Waals surface area contributed by atoms with Gasteiger partial charge in [0.1, 0.15) is 5.75 Å². The normalized spacial score (nSPS) is 10.5. The van der Waals surface area contributed by atoms with E-state index in [4.69, 9.17) is 4.74 Å². The maximum absolute atomic E-state index is 5.17. The van der Waals surface area contributed by atoms with Crippen LogP contribution in [0.5, 0.6) is 5.75 Å². The topological polar surface area (TPSA) is 9.23 Å². The lowest BCUT2D eigenvalue weighted by molar-refractivity contribution is 0.415. The molecule has 0 amide bonds. The summed E-state index contributed by atoms with van der Waals surface area (Å²) in [7, 11) is 1.70. The van der Waals surface area contributed by atoms with Crippen LogP contribution in [0, 0.1) is 0 Å². The summed E-state index contributed by atoms with van der Waals surface area (Å²) in [6.07, 6.45) is 3.75. The fourth-order valence-corrected chi connectivity index (χ4v) is 2.83. The monoisotopic (exact) mass is 246 g/mol. The minimum absolute atomic E-state index is 0.913. The third-order valence-electron chi connectivity index (χ3n) is 2.81. The molecule has 0 saturated heterocycles. The van der Waals surface area contributed by atoms with E-state index in [1.165, 1.54) is 34.6 Å². The zero-order valence-electron chi connectivity index (χ0n) is 10.4. The van der Waals surface area contributed by atoms with E-state index in [1.807, 2.05) is 23.5 Å². The first-order valence-corrected chi connectivity index (χ1v) is 6.88. The number of rotatable bonds is 5. The molecular formula is C15H18OS. The molecule has 1 heterocycles. The van der Waals surface area contributed by atoms with E-state index in [0.29, 0.717) is 0 Å². The van der Waals surface area contributed by atoms with Gasteiger partial charge in [-0.3, -0.25) is 0 Å². The quantitative estimate of drug-likeness (QED) is 0.738. The summed E-state index contributed by atoms with van der Waals surface area (Å²) in [6, 6.07) is 12.7. The zero-order chi connectivity index (χ0) is 12.1. The molecule has 0 atom stereocenters. The third-order valence-corrected chi connectivity index (χ3v) is 4.01. The molecule has 90 valence electrons. The van der Waals surface area contributed by atoms with E-state index < -0.39 is 0 Å². The number of unbranched alkanes of at least 4 members (excludes halogenated alkanes) is 1. The highest BCUT2D eigenvalue weighted by atomic mass is 32.1. The zero-order valence-corrected chi connectivity index (χ0v) is 11.2. The van der Waals surface area contributed by atoms with Crippen LogP contribution in [0.25, 0.3) is 10.4 Å². The van der Waals surface area contributed by atoms with Gasteiger partial charge in [-0.2, -0.15) is 0 Å².